The first-order valence-electron chi connectivity index (χ1n) is 14.4. The highest BCUT2D eigenvalue weighted by Crippen LogP contribution is 2.37. The van der Waals surface area contributed by atoms with Crippen LogP contribution in [0.2, 0.25) is 0 Å². The number of hydrogen-bond acceptors (Lipinski definition) is 4. The van der Waals surface area contributed by atoms with Gasteiger partial charge >= 0.3 is 0 Å². The van der Waals surface area contributed by atoms with Crippen molar-refractivity contribution in [2.75, 3.05) is 0 Å². The van der Waals surface area contributed by atoms with Gasteiger partial charge in [0.1, 0.15) is 0 Å². The van der Waals surface area contributed by atoms with Gasteiger partial charge in [0.15, 0.2) is 0 Å². The summed E-state index contributed by atoms with van der Waals surface area (Å²) in [7, 11) is 0. The molecule has 0 unspecified atom stereocenters. The van der Waals surface area contributed by atoms with Gasteiger partial charge in [-0.3, -0.25) is 9.97 Å². The van der Waals surface area contributed by atoms with Gasteiger partial charge in [-0.25, -0.2) is 9.97 Å². The SMILES string of the molecule is CCCC1=C(C)c2cnc3ccccc3ncc3[nH]c(cc4nc(cc1n2)C(CC)=C4CC)c(CCC)c3C. The van der Waals surface area contributed by atoms with Gasteiger partial charge < -0.3 is 4.98 Å². The Morgan fingerprint density at radius 1 is 0.641 bits per heavy atom. The Labute approximate surface area is 231 Å². The Morgan fingerprint density at radius 2 is 1.23 bits per heavy atom. The van der Waals surface area contributed by atoms with Crippen LogP contribution in [0.1, 0.15) is 101 Å². The van der Waals surface area contributed by atoms with E-state index < -0.39 is 0 Å². The highest BCUT2D eigenvalue weighted by Gasteiger charge is 2.21. The number of aromatic nitrogens is 5. The molecule has 5 nitrogen and oxygen atoms in total. The summed E-state index contributed by atoms with van der Waals surface area (Å²) < 4.78 is 0. The highest BCUT2D eigenvalue weighted by molar-refractivity contribution is 5.95. The minimum atomic E-state index is 0.829. The summed E-state index contributed by atoms with van der Waals surface area (Å²) in [5, 5.41) is 0. The fourth-order valence-corrected chi connectivity index (χ4v) is 5.76. The summed E-state index contributed by atoms with van der Waals surface area (Å²) in [6.07, 6.45) is 9.83. The molecule has 0 atom stereocenters. The van der Waals surface area contributed by atoms with Crippen LogP contribution >= 0.6 is 0 Å². The predicted molar refractivity (Wildman–Crippen MR) is 165 cm³/mol. The van der Waals surface area contributed by atoms with E-state index in [2.05, 4.69) is 58.7 Å². The van der Waals surface area contributed by atoms with E-state index in [-0.39, 0.29) is 0 Å². The molecule has 2 aliphatic rings. The zero-order valence-electron chi connectivity index (χ0n) is 24.2. The van der Waals surface area contributed by atoms with Crippen molar-refractivity contribution in [3.63, 3.8) is 0 Å². The fourth-order valence-electron chi connectivity index (χ4n) is 5.76. The molecule has 0 radical (unpaired) electrons. The normalized spacial score (nSPS) is 13.3. The van der Waals surface area contributed by atoms with E-state index in [9.17, 15) is 0 Å². The van der Waals surface area contributed by atoms with Gasteiger partial charge in [-0.2, -0.15) is 0 Å². The monoisotopic (exact) mass is 517 g/mol. The Morgan fingerprint density at radius 3 is 1.87 bits per heavy atom. The van der Waals surface area contributed by atoms with E-state index in [0.717, 1.165) is 83.4 Å². The van der Waals surface area contributed by atoms with E-state index in [1.54, 1.807) is 0 Å². The van der Waals surface area contributed by atoms with Crippen molar-refractivity contribution in [2.24, 2.45) is 0 Å². The molecule has 5 rings (SSSR count). The van der Waals surface area contributed by atoms with Crippen LogP contribution in [-0.2, 0) is 6.42 Å². The van der Waals surface area contributed by atoms with Crippen molar-refractivity contribution in [2.45, 2.75) is 80.1 Å². The van der Waals surface area contributed by atoms with Crippen LogP contribution in [0.5, 0.6) is 0 Å². The molecule has 6 bridgehead atoms. The third-order valence-electron chi connectivity index (χ3n) is 7.86. The molecular weight excluding hydrogens is 478 g/mol. The molecule has 0 spiro atoms. The third-order valence-corrected chi connectivity index (χ3v) is 7.86. The number of allylic oxidation sites excluding steroid dienone is 4. The topological polar surface area (TPSA) is 67.3 Å². The first-order valence-corrected chi connectivity index (χ1v) is 14.4. The molecule has 39 heavy (non-hydrogen) atoms. The van der Waals surface area contributed by atoms with Crippen molar-refractivity contribution in [1.82, 2.24) is 24.9 Å². The number of hydrogen-bond donors (Lipinski definition) is 1. The van der Waals surface area contributed by atoms with Crippen LogP contribution in [0, 0.1) is 6.92 Å². The second-order valence-electron chi connectivity index (χ2n) is 10.4. The number of para-hydroxylation sites is 2. The van der Waals surface area contributed by atoms with Gasteiger partial charge in [0.25, 0.3) is 0 Å². The number of nitrogens with zero attached hydrogens (tertiary/aromatic N) is 4. The lowest BCUT2D eigenvalue weighted by molar-refractivity contribution is 0.924. The maximum absolute atomic E-state index is 5.22. The summed E-state index contributed by atoms with van der Waals surface area (Å²) in [5.74, 6) is 0. The van der Waals surface area contributed by atoms with Crippen molar-refractivity contribution >= 4 is 44.4 Å². The van der Waals surface area contributed by atoms with Gasteiger partial charge in [0, 0.05) is 5.52 Å². The lowest BCUT2D eigenvalue weighted by Crippen LogP contribution is -1.86. The van der Waals surface area contributed by atoms with E-state index >= 15 is 0 Å². The van der Waals surface area contributed by atoms with E-state index in [0.29, 0.717) is 0 Å². The average Bonchev–Trinajstić information content (AvgIpc) is 3.53. The van der Waals surface area contributed by atoms with Crippen LogP contribution in [0.25, 0.3) is 44.4 Å². The molecule has 0 saturated heterocycles. The van der Waals surface area contributed by atoms with Crippen LogP contribution in [0.4, 0.5) is 0 Å². The molecular formula is C34H39N5. The average molecular weight is 518 g/mol. The van der Waals surface area contributed by atoms with Crippen LogP contribution in [-0.4, -0.2) is 24.9 Å². The van der Waals surface area contributed by atoms with Crippen molar-refractivity contribution < 1.29 is 0 Å². The Hall–Kier alpha value is -3.86. The summed E-state index contributed by atoms with van der Waals surface area (Å²) in [4.78, 5) is 23.7. The molecule has 1 N–H and O–H groups in total. The van der Waals surface area contributed by atoms with Gasteiger partial charge in [-0.05, 0) is 97.2 Å². The summed E-state index contributed by atoms with van der Waals surface area (Å²) in [5.41, 5.74) is 15.5. The number of nitrogens with one attached hydrogen (secondary N) is 1. The summed E-state index contributed by atoms with van der Waals surface area (Å²) >= 11 is 0. The molecule has 0 fully saturated rings. The van der Waals surface area contributed by atoms with Crippen LogP contribution in [0.3, 0.4) is 0 Å². The van der Waals surface area contributed by atoms with Crippen LogP contribution in [0.15, 0.2) is 48.8 Å². The van der Waals surface area contributed by atoms with E-state index in [4.69, 9.17) is 19.9 Å². The van der Waals surface area contributed by atoms with Gasteiger partial charge in [-0.15, -0.1) is 0 Å². The molecule has 0 aliphatic carbocycles. The van der Waals surface area contributed by atoms with Crippen molar-refractivity contribution in [3.05, 3.63) is 82.7 Å². The van der Waals surface area contributed by atoms with Crippen molar-refractivity contribution in [1.29, 1.82) is 0 Å². The minimum absolute atomic E-state index is 0.829. The molecule has 0 saturated carbocycles. The maximum atomic E-state index is 5.22. The molecule has 4 heterocycles. The summed E-state index contributed by atoms with van der Waals surface area (Å²) in [6, 6.07) is 12.5. The number of benzene rings is 1. The lowest BCUT2D eigenvalue weighted by atomic mass is 9.98. The molecule has 1 aromatic carbocycles. The number of H-pyrrole nitrogens is 1. The van der Waals surface area contributed by atoms with Gasteiger partial charge in [0.05, 0.1) is 51.7 Å². The zero-order valence-corrected chi connectivity index (χ0v) is 24.2. The second kappa shape index (κ2) is 11.5. The largest absolute Gasteiger partial charge is 0.354 e. The molecule has 3 aromatic rings. The highest BCUT2D eigenvalue weighted by atomic mass is 14.8. The number of aromatic amines is 1. The first kappa shape index (κ1) is 26.7. The smallest absolute Gasteiger partial charge is 0.0887 e. The molecule has 200 valence electrons. The molecule has 0 amide bonds. The van der Waals surface area contributed by atoms with Crippen molar-refractivity contribution in [3.8, 4) is 0 Å². The first-order chi connectivity index (χ1) is 19.0. The Bertz CT molecular complexity index is 1670. The summed E-state index contributed by atoms with van der Waals surface area (Å²) in [6.45, 7) is 13.3. The molecule has 2 aliphatic heterocycles. The standard InChI is InChI=1S/C34H39N5/c1-7-13-25-21(5)33-19-35-27-15-11-12-16-28(27)36-20-34-22(6)26(14-8-2)32(39-34)18-30-24(10-4)23(9-3)29(37-30)17-31(25)38-33/h11-12,15-20,38H,7-10,13-14H2,1-6H3. The minimum Gasteiger partial charge on any atom is -0.354 e. The van der Waals surface area contributed by atoms with Gasteiger partial charge in [-0.1, -0.05) is 52.7 Å². The molecule has 5 heteroatoms. The lowest BCUT2D eigenvalue weighted by Gasteiger charge is -2.04. The zero-order chi connectivity index (χ0) is 27.5. The quantitative estimate of drug-likeness (QED) is 0.354. The van der Waals surface area contributed by atoms with E-state index in [1.165, 1.54) is 33.4 Å². The third kappa shape index (κ3) is 5.10. The predicted octanol–water partition coefficient (Wildman–Crippen LogP) is 9.06. The number of rotatable bonds is 6. The Balaban J connectivity index is 1.93. The van der Waals surface area contributed by atoms with Crippen LogP contribution < -0.4 is 0 Å². The maximum Gasteiger partial charge on any atom is 0.0887 e. The second-order valence-corrected chi connectivity index (χ2v) is 10.4. The number of fused-ring (bicyclic) bond motifs is 7. The molecule has 2 aromatic heterocycles. The van der Waals surface area contributed by atoms with E-state index in [1.807, 2.05) is 36.7 Å². The number of aryl methyl sites for hydroxylation is 2. The van der Waals surface area contributed by atoms with Gasteiger partial charge in [0.2, 0.25) is 0 Å². The Kier molecular flexibility index (Phi) is 7.87. The fraction of sp³-hybridized carbons (Fsp3) is 0.353.